The van der Waals surface area contributed by atoms with Gasteiger partial charge in [-0.25, -0.2) is 0 Å². The third-order valence-electron chi connectivity index (χ3n) is 3.04. The van der Waals surface area contributed by atoms with Gasteiger partial charge in [-0.15, -0.1) is 0 Å². The van der Waals surface area contributed by atoms with Gasteiger partial charge in [-0.2, -0.15) is 0 Å². The molecule has 0 spiro atoms. The van der Waals surface area contributed by atoms with Crippen LogP contribution in [0.25, 0.3) is 11.1 Å². The minimum atomic E-state index is 0.0696. The standard InChI is InChI=1S/C17H20O4/c1-11(2)21-13-6-8-16(18)15(9-13)14-7-5-12(19-3)10-17(14)20-4/h5-11,18H,1-4H3. The average Bonchev–Trinajstić information content (AvgIpc) is 2.48. The average molecular weight is 288 g/mol. The molecular weight excluding hydrogens is 268 g/mol. The van der Waals surface area contributed by atoms with Crippen molar-refractivity contribution in [1.82, 2.24) is 0 Å². The predicted octanol–water partition coefficient (Wildman–Crippen LogP) is 3.86. The summed E-state index contributed by atoms with van der Waals surface area (Å²) >= 11 is 0. The number of hydrogen-bond donors (Lipinski definition) is 1. The first-order chi connectivity index (χ1) is 10.0. The zero-order valence-electron chi connectivity index (χ0n) is 12.7. The van der Waals surface area contributed by atoms with Crippen LogP contribution < -0.4 is 14.2 Å². The largest absolute Gasteiger partial charge is 0.507 e. The number of phenolic OH excluding ortho intramolecular Hbond substituents is 1. The number of methoxy groups -OCH3 is 2. The summed E-state index contributed by atoms with van der Waals surface area (Å²) in [6.07, 6.45) is 0.0696. The molecule has 0 radical (unpaired) electrons. The van der Waals surface area contributed by atoms with Crippen LogP contribution in [0.5, 0.6) is 23.0 Å². The predicted molar refractivity (Wildman–Crippen MR) is 82.4 cm³/mol. The van der Waals surface area contributed by atoms with Gasteiger partial charge in [0, 0.05) is 17.2 Å². The molecule has 2 aromatic carbocycles. The Morgan fingerprint density at radius 2 is 1.57 bits per heavy atom. The van der Waals surface area contributed by atoms with E-state index in [9.17, 15) is 5.11 Å². The first-order valence-corrected chi connectivity index (χ1v) is 6.77. The van der Waals surface area contributed by atoms with Gasteiger partial charge in [0.25, 0.3) is 0 Å². The van der Waals surface area contributed by atoms with E-state index in [0.717, 1.165) is 5.56 Å². The van der Waals surface area contributed by atoms with Crippen molar-refractivity contribution in [3.05, 3.63) is 36.4 Å². The smallest absolute Gasteiger partial charge is 0.130 e. The highest BCUT2D eigenvalue weighted by molar-refractivity contribution is 5.77. The number of aromatic hydroxyl groups is 1. The van der Waals surface area contributed by atoms with E-state index in [1.54, 1.807) is 38.5 Å². The SMILES string of the molecule is COc1ccc(-c2cc(OC(C)C)ccc2O)c(OC)c1. The van der Waals surface area contributed by atoms with Gasteiger partial charge in [0.15, 0.2) is 0 Å². The maximum absolute atomic E-state index is 10.1. The minimum absolute atomic E-state index is 0.0696. The summed E-state index contributed by atoms with van der Waals surface area (Å²) in [4.78, 5) is 0. The van der Waals surface area contributed by atoms with Crippen LogP contribution in [0.2, 0.25) is 0 Å². The molecule has 112 valence electrons. The Morgan fingerprint density at radius 3 is 2.19 bits per heavy atom. The third kappa shape index (κ3) is 3.40. The Morgan fingerprint density at radius 1 is 0.857 bits per heavy atom. The lowest BCUT2D eigenvalue weighted by molar-refractivity contribution is 0.242. The summed E-state index contributed by atoms with van der Waals surface area (Å²) in [6, 6.07) is 10.6. The van der Waals surface area contributed by atoms with Crippen LogP contribution >= 0.6 is 0 Å². The van der Waals surface area contributed by atoms with E-state index in [0.29, 0.717) is 22.8 Å². The van der Waals surface area contributed by atoms with Gasteiger partial charge < -0.3 is 19.3 Å². The molecule has 1 N–H and O–H groups in total. The van der Waals surface area contributed by atoms with Gasteiger partial charge >= 0.3 is 0 Å². The topological polar surface area (TPSA) is 47.9 Å². The fourth-order valence-corrected chi connectivity index (χ4v) is 2.10. The van der Waals surface area contributed by atoms with E-state index in [4.69, 9.17) is 14.2 Å². The van der Waals surface area contributed by atoms with Gasteiger partial charge in [-0.05, 0) is 44.2 Å². The zero-order chi connectivity index (χ0) is 15.4. The van der Waals surface area contributed by atoms with E-state index >= 15 is 0 Å². The van der Waals surface area contributed by atoms with Crippen molar-refractivity contribution in [2.45, 2.75) is 20.0 Å². The summed E-state index contributed by atoms with van der Waals surface area (Å²) in [5, 5.41) is 10.1. The van der Waals surface area contributed by atoms with Crippen molar-refractivity contribution in [2.24, 2.45) is 0 Å². The molecule has 4 nitrogen and oxygen atoms in total. The molecule has 0 unspecified atom stereocenters. The number of benzene rings is 2. The fourth-order valence-electron chi connectivity index (χ4n) is 2.10. The van der Waals surface area contributed by atoms with E-state index in [1.165, 1.54) is 0 Å². The lowest BCUT2D eigenvalue weighted by atomic mass is 10.0. The van der Waals surface area contributed by atoms with Crippen LogP contribution in [0, 0.1) is 0 Å². The molecule has 0 saturated carbocycles. The molecule has 2 rings (SSSR count). The third-order valence-corrected chi connectivity index (χ3v) is 3.04. The van der Waals surface area contributed by atoms with Gasteiger partial charge in [0.2, 0.25) is 0 Å². The molecule has 0 atom stereocenters. The number of hydrogen-bond acceptors (Lipinski definition) is 4. The second-order valence-corrected chi connectivity index (χ2v) is 4.91. The molecule has 0 aromatic heterocycles. The second kappa shape index (κ2) is 6.39. The van der Waals surface area contributed by atoms with Crippen molar-refractivity contribution >= 4 is 0 Å². The molecule has 0 heterocycles. The summed E-state index contributed by atoms with van der Waals surface area (Å²) in [6.45, 7) is 3.92. The molecular formula is C17H20O4. The molecule has 2 aromatic rings. The molecule has 0 aliphatic carbocycles. The quantitative estimate of drug-likeness (QED) is 0.907. The van der Waals surface area contributed by atoms with Crippen LogP contribution in [0.3, 0.4) is 0 Å². The molecule has 4 heteroatoms. The van der Waals surface area contributed by atoms with Crippen molar-refractivity contribution in [2.75, 3.05) is 14.2 Å². The molecule has 0 amide bonds. The van der Waals surface area contributed by atoms with Crippen molar-refractivity contribution in [1.29, 1.82) is 0 Å². The van der Waals surface area contributed by atoms with E-state index < -0.39 is 0 Å². The van der Waals surface area contributed by atoms with E-state index in [2.05, 4.69) is 0 Å². The molecule has 0 saturated heterocycles. The highest BCUT2D eigenvalue weighted by Crippen LogP contribution is 2.39. The summed E-state index contributed by atoms with van der Waals surface area (Å²) in [5.41, 5.74) is 1.44. The Kier molecular flexibility index (Phi) is 4.58. The van der Waals surface area contributed by atoms with E-state index in [1.807, 2.05) is 26.0 Å². The van der Waals surface area contributed by atoms with Gasteiger partial charge in [0.1, 0.15) is 23.0 Å². The summed E-state index contributed by atoms with van der Waals surface area (Å²) in [5.74, 6) is 2.21. The number of ether oxygens (including phenoxy) is 3. The van der Waals surface area contributed by atoms with Crippen molar-refractivity contribution in [3.8, 4) is 34.1 Å². The van der Waals surface area contributed by atoms with Gasteiger partial charge in [-0.1, -0.05) is 0 Å². The van der Waals surface area contributed by atoms with Gasteiger partial charge in [-0.3, -0.25) is 0 Å². The van der Waals surface area contributed by atoms with Crippen LogP contribution in [0.4, 0.5) is 0 Å². The van der Waals surface area contributed by atoms with E-state index in [-0.39, 0.29) is 11.9 Å². The minimum Gasteiger partial charge on any atom is -0.507 e. The van der Waals surface area contributed by atoms with Crippen LogP contribution in [0.1, 0.15) is 13.8 Å². The monoisotopic (exact) mass is 288 g/mol. The summed E-state index contributed by atoms with van der Waals surface area (Å²) < 4.78 is 16.2. The molecule has 0 bridgehead atoms. The molecule has 0 aliphatic rings. The normalized spacial score (nSPS) is 10.5. The Balaban J connectivity index is 2.50. The first kappa shape index (κ1) is 15.0. The highest BCUT2D eigenvalue weighted by Gasteiger charge is 2.13. The van der Waals surface area contributed by atoms with Crippen LogP contribution in [0.15, 0.2) is 36.4 Å². The molecule has 0 aliphatic heterocycles. The maximum atomic E-state index is 10.1. The Bertz CT molecular complexity index is 620. The van der Waals surface area contributed by atoms with Crippen LogP contribution in [-0.4, -0.2) is 25.4 Å². The molecule has 21 heavy (non-hydrogen) atoms. The van der Waals surface area contributed by atoms with Gasteiger partial charge in [0.05, 0.1) is 20.3 Å². The lowest BCUT2D eigenvalue weighted by Gasteiger charge is -2.14. The summed E-state index contributed by atoms with van der Waals surface area (Å²) in [7, 11) is 3.19. The zero-order valence-corrected chi connectivity index (χ0v) is 12.7. The Labute approximate surface area is 124 Å². The fraction of sp³-hybridized carbons (Fsp3) is 0.294. The number of rotatable bonds is 5. The maximum Gasteiger partial charge on any atom is 0.130 e. The first-order valence-electron chi connectivity index (χ1n) is 6.77. The van der Waals surface area contributed by atoms with Crippen LogP contribution in [-0.2, 0) is 0 Å². The van der Waals surface area contributed by atoms with Crippen molar-refractivity contribution in [3.63, 3.8) is 0 Å². The lowest BCUT2D eigenvalue weighted by Crippen LogP contribution is -2.05. The molecule has 0 fully saturated rings. The Hall–Kier alpha value is -2.36. The highest BCUT2D eigenvalue weighted by atomic mass is 16.5. The van der Waals surface area contributed by atoms with Crippen molar-refractivity contribution < 1.29 is 19.3 Å². The second-order valence-electron chi connectivity index (χ2n) is 4.91. The number of phenols is 1.